The molecule has 2 heterocycles. The van der Waals surface area contributed by atoms with Crippen LogP contribution in [0, 0.1) is 5.92 Å². The second-order valence-corrected chi connectivity index (χ2v) is 5.42. The first kappa shape index (κ1) is 15.9. The number of hydrogen-bond donors (Lipinski definition) is 1. The number of ether oxygens (including phenoxy) is 1. The zero-order valence-electron chi connectivity index (χ0n) is 13.1. The highest BCUT2D eigenvalue weighted by Gasteiger charge is 2.55. The van der Waals surface area contributed by atoms with Crippen molar-refractivity contribution >= 4 is 35.0 Å². The first-order valence-corrected chi connectivity index (χ1v) is 7.44. The lowest BCUT2D eigenvalue weighted by atomic mass is 9.99. The molecule has 0 spiro atoms. The molecule has 0 unspecified atom stereocenters. The molecule has 3 rings (SSSR count). The van der Waals surface area contributed by atoms with Gasteiger partial charge in [0.1, 0.15) is 12.0 Å². The Labute approximate surface area is 137 Å². The third-order valence-electron chi connectivity index (χ3n) is 3.92. The van der Waals surface area contributed by atoms with Crippen molar-refractivity contribution in [2.45, 2.75) is 19.9 Å². The number of imide groups is 1. The van der Waals surface area contributed by atoms with Crippen molar-refractivity contribution in [2.75, 3.05) is 11.5 Å². The van der Waals surface area contributed by atoms with Crippen molar-refractivity contribution in [3.8, 4) is 0 Å². The summed E-state index contributed by atoms with van der Waals surface area (Å²) in [4.78, 5) is 49.6. The van der Waals surface area contributed by atoms with E-state index in [2.05, 4.69) is 10.5 Å². The Hall–Kier alpha value is -3.03. The Kier molecular flexibility index (Phi) is 3.88. The minimum Gasteiger partial charge on any atom is -0.461 e. The van der Waals surface area contributed by atoms with Crippen molar-refractivity contribution in [3.63, 3.8) is 0 Å². The van der Waals surface area contributed by atoms with E-state index in [1.54, 1.807) is 25.1 Å². The van der Waals surface area contributed by atoms with Crippen molar-refractivity contribution in [3.05, 3.63) is 29.8 Å². The molecule has 1 saturated heterocycles. The first-order valence-electron chi connectivity index (χ1n) is 7.44. The number of rotatable bonds is 4. The van der Waals surface area contributed by atoms with Gasteiger partial charge in [-0.05, 0) is 26.0 Å². The number of ketones is 1. The van der Waals surface area contributed by atoms with Gasteiger partial charge in [-0.3, -0.25) is 19.8 Å². The molecule has 1 N–H and O–H groups in total. The van der Waals surface area contributed by atoms with Crippen LogP contribution in [0.3, 0.4) is 0 Å². The number of Topliss-reactive ketones (excluding diaryl/α,β-unsaturated/α-hetero) is 1. The fourth-order valence-electron chi connectivity index (χ4n) is 2.78. The molecule has 8 nitrogen and oxygen atoms in total. The molecule has 2 aliphatic rings. The van der Waals surface area contributed by atoms with E-state index in [0.29, 0.717) is 5.56 Å². The molecular weight excluding hydrogens is 314 g/mol. The number of esters is 1. The maximum Gasteiger partial charge on any atom is 0.355 e. The molecule has 0 saturated carbocycles. The van der Waals surface area contributed by atoms with Crippen LogP contribution < -0.4 is 10.3 Å². The van der Waals surface area contributed by atoms with E-state index < -0.39 is 29.7 Å². The zero-order valence-corrected chi connectivity index (χ0v) is 13.1. The normalized spacial score (nSPS) is 22.1. The Bertz CT molecular complexity index is 786. The van der Waals surface area contributed by atoms with Crippen molar-refractivity contribution in [2.24, 2.45) is 11.0 Å². The van der Waals surface area contributed by atoms with Gasteiger partial charge in [0.25, 0.3) is 5.91 Å². The molecule has 2 amide bonds. The standard InChI is InChI=1S/C16H15N3O5/c1-3-24-16(23)13-11-12(17-18-13)15(22)19(14(11)21)10-6-4-5-9(7-10)8(2)20/h4-7,11-12,17H,3H2,1-2H3/t11-,12+/m0/s1. The monoisotopic (exact) mass is 329 g/mol. The number of benzene rings is 1. The van der Waals surface area contributed by atoms with Crippen LogP contribution in [0.15, 0.2) is 29.4 Å². The molecule has 2 atom stereocenters. The van der Waals surface area contributed by atoms with Crippen LogP contribution in [0.1, 0.15) is 24.2 Å². The van der Waals surface area contributed by atoms with Gasteiger partial charge in [-0.15, -0.1) is 0 Å². The lowest BCUT2D eigenvalue weighted by Crippen LogP contribution is -2.36. The van der Waals surface area contributed by atoms with Crippen LogP contribution in [0.25, 0.3) is 0 Å². The van der Waals surface area contributed by atoms with Gasteiger partial charge in [0, 0.05) is 5.56 Å². The topological polar surface area (TPSA) is 105 Å². The summed E-state index contributed by atoms with van der Waals surface area (Å²) in [6, 6.07) is 5.29. The van der Waals surface area contributed by atoms with Crippen LogP contribution in [0.5, 0.6) is 0 Å². The highest BCUT2D eigenvalue weighted by Crippen LogP contribution is 2.31. The smallest absolute Gasteiger partial charge is 0.355 e. The van der Waals surface area contributed by atoms with Gasteiger partial charge in [-0.1, -0.05) is 12.1 Å². The Balaban J connectivity index is 1.94. The second-order valence-electron chi connectivity index (χ2n) is 5.42. The summed E-state index contributed by atoms with van der Waals surface area (Å²) in [7, 11) is 0. The van der Waals surface area contributed by atoms with E-state index >= 15 is 0 Å². The number of carbonyl (C=O) groups is 4. The fraction of sp³-hybridized carbons (Fsp3) is 0.312. The molecule has 124 valence electrons. The molecule has 0 bridgehead atoms. The lowest BCUT2D eigenvalue weighted by Gasteiger charge is -2.16. The second kappa shape index (κ2) is 5.88. The maximum atomic E-state index is 12.7. The third-order valence-corrected chi connectivity index (χ3v) is 3.92. The van der Waals surface area contributed by atoms with E-state index in [4.69, 9.17) is 4.74 Å². The maximum absolute atomic E-state index is 12.7. The Morgan fingerprint density at radius 3 is 2.71 bits per heavy atom. The van der Waals surface area contributed by atoms with E-state index in [1.807, 2.05) is 0 Å². The minimum atomic E-state index is -1.02. The highest BCUT2D eigenvalue weighted by atomic mass is 16.5. The summed E-state index contributed by atoms with van der Waals surface area (Å²) in [5, 5.41) is 3.78. The molecule has 24 heavy (non-hydrogen) atoms. The number of amides is 2. The molecular formula is C16H15N3O5. The zero-order chi connectivity index (χ0) is 17.4. The van der Waals surface area contributed by atoms with Gasteiger partial charge in [-0.2, -0.15) is 5.10 Å². The van der Waals surface area contributed by atoms with Crippen LogP contribution in [0.4, 0.5) is 5.69 Å². The molecule has 1 aromatic rings. The molecule has 0 aromatic heterocycles. The van der Waals surface area contributed by atoms with Crippen molar-refractivity contribution < 1.29 is 23.9 Å². The van der Waals surface area contributed by atoms with E-state index in [0.717, 1.165) is 4.90 Å². The number of hydrogen-bond acceptors (Lipinski definition) is 7. The molecule has 1 fully saturated rings. The van der Waals surface area contributed by atoms with E-state index in [9.17, 15) is 19.2 Å². The summed E-state index contributed by atoms with van der Waals surface area (Å²) < 4.78 is 4.87. The highest BCUT2D eigenvalue weighted by molar-refractivity contribution is 6.46. The van der Waals surface area contributed by atoms with Crippen LogP contribution in [-0.4, -0.2) is 41.9 Å². The average Bonchev–Trinajstić information content (AvgIpc) is 3.09. The van der Waals surface area contributed by atoms with Crippen molar-refractivity contribution in [1.29, 1.82) is 0 Å². The number of nitrogens with one attached hydrogen (secondary N) is 1. The average molecular weight is 329 g/mol. The van der Waals surface area contributed by atoms with Crippen LogP contribution in [-0.2, 0) is 19.1 Å². The summed E-state index contributed by atoms with van der Waals surface area (Å²) in [5.74, 6) is -3.00. The molecule has 8 heteroatoms. The predicted molar refractivity (Wildman–Crippen MR) is 83.4 cm³/mol. The summed E-state index contributed by atoms with van der Waals surface area (Å²) in [6.07, 6.45) is 0. The quantitative estimate of drug-likeness (QED) is 0.483. The van der Waals surface area contributed by atoms with Crippen molar-refractivity contribution in [1.82, 2.24) is 5.43 Å². The fourth-order valence-corrected chi connectivity index (χ4v) is 2.78. The first-order chi connectivity index (χ1) is 11.5. The molecule has 2 aliphatic heterocycles. The Morgan fingerprint density at radius 1 is 1.29 bits per heavy atom. The Morgan fingerprint density at radius 2 is 2.04 bits per heavy atom. The lowest BCUT2D eigenvalue weighted by molar-refractivity contribution is -0.136. The number of carbonyl (C=O) groups excluding carboxylic acids is 4. The summed E-state index contributed by atoms with van der Waals surface area (Å²) in [6.45, 7) is 3.18. The predicted octanol–water partition coefficient (Wildman–Crippen LogP) is 0.269. The molecule has 1 aromatic carbocycles. The third kappa shape index (κ3) is 2.36. The van der Waals surface area contributed by atoms with Gasteiger partial charge in [0.15, 0.2) is 11.5 Å². The van der Waals surface area contributed by atoms with E-state index in [1.165, 1.54) is 13.0 Å². The number of anilines is 1. The number of hydrazone groups is 1. The van der Waals surface area contributed by atoms with Crippen LogP contribution >= 0.6 is 0 Å². The molecule has 0 aliphatic carbocycles. The van der Waals surface area contributed by atoms with Gasteiger partial charge in [0.2, 0.25) is 5.91 Å². The van der Waals surface area contributed by atoms with E-state index in [-0.39, 0.29) is 23.8 Å². The molecule has 0 radical (unpaired) electrons. The van der Waals surface area contributed by atoms with Gasteiger partial charge >= 0.3 is 5.97 Å². The number of fused-ring (bicyclic) bond motifs is 1. The summed E-state index contributed by atoms with van der Waals surface area (Å²) >= 11 is 0. The van der Waals surface area contributed by atoms with Crippen LogP contribution in [0.2, 0.25) is 0 Å². The number of nitrogens with zero attached hydrogens (tertiary/aromatic N) is 2. The minimum absolute atomic E-state index is 0.106. The van der Waals surface area contributed by atoms with Gasteiger partial charge in [-0.25, -0.2) is 9.69 Å². The SMILES string of the molecule is CCOC(=O)C1=NN[C@H]2C(=O)N(c3cccc(C(C)=O)c3)C(=O)[C@H]12. The largest absolute Gasteiger partial charge is 0.461 e. The van der Waals surface area contributed by atoms with Gasteiger partial charge in [0.05, 0.1) is 12.3 Å². The summed E-state index contributed by atoms with van der Waals surface area (Å²) in [5.41, 5.74) is 3.10. The van der Waals surface area contributed by atoms with Gasteiger partial charge < -0.3 is 4.74 Å².